The molecule has 0 fully saturated rings. The van der Waals surface area contributed by atoms with Crippen molar-refractivity contribution in [3.63, 3.8) is 0 Å². The fraction of sp³-hybridized carbons (Fsp3) is 0.500. The molecule has 1 heteroatoms. The molecule has 0 amide bonds. The first-order valence-corrected chi connectivity index (χ1v) is 7.15. The summed E-state index contributed by atoms with van der Waals surface area (Å²) in [6, 6.07) is 9.38. The van der Waals surface area contributed by atoms with Crippen LogP contribution in [0.25, 0.3) is 10.8 Å². The first-order valence-electron chi connectivity index (χ1n) is 7.15. The van der Waals surface area contributed by atoms with Crippen LogP contribution in [0.1, 0.15) is 76.0 Å². The average molecular weight is 333 g/mol. The van der Waals surface area contributed by atoms with E-state index in [9.17, 15) is 0 Å². The second-order valence-electron chi connectivity index (χ2n) is 6.32. The van der Waals surface area contributed by atoms with Crippen molar-refractivity contribution in [2.75, 3.05) is 0 Å². The predicted molar refractivity (Wildman–Crippen MR) is 81.8 cm³/mol. The monoisotopic (exact) mass is 331 g/mol. The Bertz CT molecular complexity index is 544. The molecule has 0 aromatic heterocycles. The molecule has 0 N–H and O–H groups in total. The Hall–Kier alpha value is -0.287. The van der Waals surface area contributed by atoms with Crippen LogP contribution in [0.3, 0.4) is 0 Å². The molecule has 0 aliphatic rings. The van der Waals surface area contributed by atoms with Crippen LogP contribution in [0.5, 0.6) is 0 Å². The predicted octanol–water partition coefficient (Wildman–Crippen LogP) is 5.93. The van der Waals surface area contributed by atoms with Gasteiger partial charge in [-0.1, -0.05) is 52.7 Å². The smallest absolute Gasteiger partial charge is 0 e. The van der Waals surface area contributed by atoms with Crippen LogP contribution in [-0.2, 0) is 26.2 Å². The van der Waals surface area contributed by atoms with Gasteiger partial charge in [-0.3, -0.25) is 0 Å². The van der Waals surface area contributed by atoms with E-state index in [0.717, 1.165) is 0 Å². The summed E-state index contributed by atoms with van der Waals surface area (Å²) in [7, 11) is 0. The topological polar surface area (TPSA) is 0 Å². The van der Waals surface area contributed by atoms with E-state index in [1.54, 1.807) is 5.56 Å². The maximum Gasteiger partial charge on any atom is 0 e. The summed E-state index contributed by atoms with van der Waals surface area (Å²) in [5.41, 5.74) is 4.53. The fourth-order valence-electron chi connectivity index (χ4n) is 2.83. The van der Waals surface area contributed by atoms with Gasteiger partial charge in [0.15, 0.2) is 0 Å². The molecular weight excluding hydrogens is 307 g/mol. The van der Waals surface area contributed by atoms with Crippen molar-refractivity contribution < 1.29 is 26.2 Å². The minimum Gasteiger partial charge on any atom is -0.164 e. The zero-order chi connectivity index (χ0) is 13.4. The summed E-state index contributed by atoms with van der Waals surface area (Å²) in [5.74, 6) is 1.80. The molecule has 0 radical (unpaired) electrons. The Morgan fingerprint density at radius 3 is 1.95 bits per heavy atom. The average Bonchev–Trinajstić information content (AvgIpc) is 2.70. The van der Waals surface area contributed by atoms with Gasteiger partial charge in [0.2, 0.25) is 0 Å². The number of benzene rings is 1. The minimum atomic E-state index is 0. The second-order valence-corrected chi connectivity index (χ2v) is 6.32. The summed E-state index contributed by atoms with van der Waals surface area (Å²) in [4.78, 5) is 0. The Morgan fingerprint density at radius 2 is 1.47 bits per heavy atom. The van der Waals surface area contributed by atoms with Crippen LogP contribution in [0, 0.1) is 0 Å². The van der Waals surface area contributed by atoms with E-state index < -0.39 is 0 Å². The van der Waals surface area contributed by atoms with E-state index in [1.165, 1.54) is 21.9 Å². The third kappa shape index (κ3) is 3.24. The van der Waals surface area contributed by atoms with Crippen LogP contribution in [-0.4, -0.2) is 0 Å². The first-order chi connectivity index (χ1) is 8.41. The van der Waals surface area contributed by atoms with Gasteiger partial charge in [-0.05, 0) is 17.8 Å². The van der Waals surface area contributed by atoms with Crippen LogP contribution >= 0.6 is 0 Å². The summed E-state index contributed by atoms with van der Waals surface area (Å²) >= 11 is 0. The zero-order valence-electron chi connectivity index (χ0n) is 13.0. The molecule has 19 heavy (non-hydrogen) atoms. The maximum atomic E-state index is 2.40. The molecule has 0 nitrogen and oxygen atoms in total. The Morgan fingerprint density at radius 1 is 0.842 bits per heavy atom. The minimum absolute atomic E-state index is 0. The van der Waals surface area contributed by atoms with Crippen molar-refractivity contribution >= 4 is 10.8 Å². The molecule has 0 aliphatic carbocycles. The SMILES string of the molecule is CC(C)c1cc2c(C(C)C)c(C(C)C)ccc2[cH-]1.[Zr]. The van der Waals surface area contributed by atoms with Gasteiger partial charge in [-0.2, -0.15) is 6.07 Å². The maximum absolute atomic E-state index is 2.40. The van der Waals surface area contributed by atoms with Crippen molar-refractivity contribution in [1.29, 1.82) is 0 Å². The van der Waals surface area contributed by atoms with Gasteiger partial charge < -0.3 is 0 Å². The molecule has 0 saturated carbocycles. The van der Waals surface area contributed by atoms with Gasteiger partial charge in [-0.15, -0.1) is 34.5 Å². The van der Waals surface area contributed by atoms with Crippen LogP contribution < -0.4 is 0 Å². The fourth-order valence-corrected chi connectivity index (χ4v) is 2.83. The Kier molecular flexibility index (Phi) is 5.68. The molecule has 0 unspecified atom stereocenters. The largest absolute Gasteiger partial charge is 0.164 e. The van der Waals surface area contributed by atoms with Crippen LogP contribution in [0.4, 0.5) is 0 Å². The second kappa shape index (κ2) is 6.44. The molecule has 0 spiro atoms. The van der Waals surface area contributed by atoms with E-state index in [2.05, 4.69) is 65.8 Å². The number of hydrogen-bond donors (Lipinski definition) is 0. The third-order valence-electron chi connectivity index (χ3n) is 3.85. The van der Waals surface area contributed by atoms with Gasteiger partial charge in [-0.25, -0.2) is 0 Å². The molecule has 0 bridgehead atoms. The summed E-state index contributed by atoms with van der Waals surface area (Å²) in [5, 5.41) is 2.88. The van der Waals surface area contributed by atoms with Crippen molar-refractivity contribution in [2.45, 2.75) is 59.3 Å². The van der Waals surface area contributed by atoms with Gasteiger partial charge in [0.05, 0.1) is 0 Å². The summed E-state index contributed by atoms with van der Waals surface area (Å²) in [6.45, 7) is 13.7. The van der Waals surface area contributed by atoms with Gasteiger partial charge >= 0.3 is 0 Å². The molecular formula is C18H25Zr-. The molecule has 102 valence electrons. The van der Waals surface area contributed by atoms with Crippen LogP contribution in [0.15, 0.2) is 24.3 Å². The summed E-state index contributed by atoms with van der Waals surface area (Å²) < 4.78 is 0. The van der Waals surface area contributed by atoms with Gasteiger partial charge in [0.25, 0.3) is 0 Å². The van der Waals surface area contributed by atoms with E-state index in [4.69, 9.17) is 0 Å². The van der Waals surface area contributed by atoms with Gasteiger partial charge in [0.1, 0.15) is 0 Å². The molecule has 2 aromatic rings. The van der Waals surface area contributed by atoms with E-state index in [0.29, 0.717) is 17.8 Å². The van der Waals surface area contributed by atoms with Crippen molar-refractivity contribution in [1.82, 2.24) is 0 Å². The van der Waals surface area contributed by atoms with Crippen molar-refractivity contribution in [2.24, 2.45) is 0 Å². The summed E-state index contributed by atoms with van der Waals surface area (Å²) in [6.07, 6.45) is 0. The van der Waals surface area contributed by atoms with Crippen LogP contribution in [0.2, 0.25) is 0 Å². The van der Waals surface area contributed by atoms with Crippen molar-refractivity contribution in [3.05, 3.63) is 41.0 Å². The molecule has 2 rings (SSSR count). The van der Waals surface area contributed by atoms with E-state index >= 15 is 0 Å². The number of fused-ring (bicyclic) bond motifs is 1. The molecule has 2 aromatic carbocycles. The molecule has 0 saturated heterocycles. The van der Waals surface area contributed by atoms with Crippen molar-refractivity contribution in [3.8, 4) is 0 Å². The number of rotatable bonds is 3. The molecule has 0 heterocycles. The standard InChI is InChI=1S/C18H25.Zr/c1-11(2)15-9-14-7-8-16(12(3)4)18(13(5)6)17(14)10-15;/h7-13H,1-6H3;/q-1;. The zero-order valence-corrected chi connectivity index (χ0v) is 15.5. The first kappa shape index (κ1) is 16.8. The van der Waals surface area contributed by atoms with Gasteiger partial charge in [0, 0.05) is 26.2 Å². The Labute approximate surface area is 137 Å². The normalized spacial score (nSPS) is 11.6. The third-order valence-corrected chi connectivity index (χ3v) is 3.85. The number of hydrogen-bond acceptors (Lipinski definition) is 0. The Balaban J connectivity index is 0.00000180. The van der Waals surface area contributed by atoms with E-state index in [1.807, 2.05) is 0 Å². The molecule has 0 atom stereocenters. The quantitative estimate of drug-likeness (QED) is 0.611. The van der Waals surface area contributed by atoms with E-state index in [-0.39, 0.29) is 26.2 Å². The molecule has 0 aliphatic heterocycles.